The monoisotopic (exact) mass is 793 g/mol. The summed E-state index contributed by atoms with van der Waals surface area (Å²) in [6.45, 7) is 14.0. The Labute approximate surface area is 356 Å². The zero-order valence-electron chi connectivity index (χ0n) is 35.4. The van der Waals surface area contributed by atoms with E-state index in [1.807, 2.05) is 6.20 Å². The predicted molar refractivity (Wildman–Crippen MR) is 254 cm³/mol. The number of nitrogens with zero attached hydrogens (tertiary/aromatic N) is 5. The van der Waals surface area contributed by atoms with E-state index in [0.29, 0.717) is 6.67 Å². The van der Waals surface area contributed by atoms with E-state index in [1.54, 1.807) is 0 Å². The van der Waals surface area contributed by atoms with Gasteiger partial charge in [-0.25, -0.2) is 4.98 Å². The van der Waals surface area contributed by atoms with Crippen LogP contribution in [0.2, 0.25) is 0 Å². The van der Waals surface area contributed by atoms with Crippen LogP contribution in [0.25, 0.3) is 55.1 Å². The molecule has 0 atom stereocenters. The van der Waals surface area contributed by atoms with Crippen LogP contribution < -0.4 is 14.5 Å². The maximum Gasteiger partial charge on any atom is 0.137 e. The minimum absolute atomic E-state index is 0.0199. The summed E-state index contributed by atoms with van der Waals surface area (Å²) < 4.78 is 11.8. The molecule has 0 bridgehead atoms. The number of pyridine rings is 1. The molecule has 298 valence electrons. The van der Waals surface area contributed by atoms with Gasteiger partial charge in [0.1, 0.15) is 24.0 Å². The van der Waals surface area contributed by atoms with Crippen molar-refractivity contribution in [2.24, 2.45) is 0 Å². The fourth-order valence-corrected chi connectivity index (χ4v) is 9.79. The van der Waals surface area contributed by atoms with Crippen LogP contribution in [0.15, 0.2) is 164 Å². The first-order valence-electron chi connectivity index (χ1n) is 21.1. The summed E-state index contributed by atoms with van der Waals surface area (Å²) >= 11 is 0. The van der Waals surface area contributed by atoms with Gasteiger partial charge in [-0.3, -0.25) is 4.57 Å². The molecule has 0 aliphatic carbocycles. The Balaban J connectivity index is 1.13. The molecule has 6 heteroatoms. The maximum absolute atomic E-state index is 7.11. The van der Waals surface area contributed by atoms with Gasteiger partial charge in [0.05, 0.1) is 39.1 Å². The van der Waals surface area contributed by atoms with Gasteiger partial charge in [-0.1, -0.05) is 105 Å². The second-order valence-corrected chi connectivity index (χ2v) is 17.5. The van der Waals surface area contributed by atoms with Crippen LogP contribution in [0.1, 0.15) is 43.0 Å². The minimum atomic E-state index is -0.0199. The largest absolute Gasteiger partial charge is 0.457 e. The minimum Gasteiger partial charge on any atom is -0.457 e. The van der Waals surface area contributed by atoms with Gasteiger partial charge in [0.15, 0.2) is 0 Å². The van der Waals surface area contributed by atoms with E-state index < -0.39 is 0 Å². The van der Waals surface area contributed by atoms with E-state index >= 15 is 0 Å². The lowest BCUT2D eigenvalue weighted by atomic mass is 9.88. The molecule has 0 saturated carbocycles. The third-order valence-corrected chi connectivity index (χ3v) is 12.4. The Morgan fingerprint density at radius 3 is 1.87 bits per heavy atom. The van der Waals surface area contributed by atoms with Gasteiger partial charge < -0.3 is 19.1 Å². The summed E-state index contributed by atoms with van der Waals surface area (Å²) in [7, 11) is 0. The molecule has 0 spiro atoms. The highest BCUT2D eigenvalue weighted by atomic mass is 16.5. The summed E-state index contributed by atoms with van der Waals surface area (Å²) in [6, 6.07) is 56.7. The maximum atomic E-state index is 7.11. The molecule has 0 radical (unpaired) electrons. The number of hydrogen-bond donors (Lipinski definition) is 0. The molecular formula is C55H47N5O. The van der Waals surface area contributed by atoms with Gasteiger partial charge in [-0.15, -0.1) is 0 Å². The first-order chi connectivity index (χ1) is 29.6. The van der Waals surface area contributed by atoms with Crippen LogP contribution in [-0.2, 0) is 5.41 Å². The molecule has 1 aliphatic heterocycles. The first-order valence-corrected chi connectivity index (χ1v) is 21.1. The van der Waals surface area contributed by atoms with Crippen molar-refractivity contribution in [2.75, 3.05) is 16.5 Å². The average molecular weight is 794 g/mol. The molecule has 10 aromatic rings. The summed E-state index contributed by atoms with van der Waals surface area (Å²) in [5, 5.41) is 4.71. The SMILES string of the molecule is Cc1cc(C)c(N2CN(c3cc(Oc4ccc5c6ccccc6n(-c6cc(C(C)(C)C)ccn6)c5c4)cc4c3c3ccccc3n4-c3ccccc3)c3ccccc32)c(C)c1. The van der Waals surface area contributed by atoms with Crippen LogP contribution in [0.4, 0.5) is 22.7 Å². The molecule has 3 aromatic heterocycles. The standard InChI is InChI=1S/C55H47N5O/c1-35-28-36(2)54(37(3)29-35)58-34-57(47-22-14-15-23-48(47)58)50-32-41(33-51-53(50)44-19-11-13-21-46(44)59(51)39-16-8-7-9-17-39)61-40-24-25-43-42-18-10-12-20-45(42)60(49(43)31-40)52-30-38(26-27-56-52)55(4,5)6/h7-33H,34H2,1-6H3. The summed E-state index contributed by atoms with van der Waals surface area (Å²) in [6.07, 6.45) is 1.93. The Morgan fingerprint density at radius 2 is 1.13 bits per heavy atom. The zero-order chi connectivity index (χ0) is 41.6. The average Bonchev–Trinajstić information content (AvgIpc) is 3.91. The lowest BCUT2D eigenvalue weighted by Gasteiger charge is -2.26. The van der Waals surface area contributed by atoms with Crippen molar-refractivity contribution < 1.29 is 4.74 Å². The molecule has 0 saturated heterocycles. The van der Waals surface area contributed by atoms with E-state index in [1.165, 1.54) is 49.8 Å². The fourth-order valence-electron chi connectivity index (χ4n) is 9.79. The summed E-state index contributed by atoms with van der Waals surface area (Å²) in [5.74, 6) is 2.41. The Bertz CT molecular complexity index is 3330. The molecule has 1 aliphatic rings. The van der Waals surface area contributed by atoms with E-state index in [-0.39, 0.29) is 5.41 Å². The lowest BCUT2D eigenvalue weighted by Crippen LogP contribution is -2.25. The topological polar surface area (TPSA) is 38.5 Å². The molecule has 0 unspecified atom stereocenters. The van der Waals surface area contributed by atoms with Crippen molar-refractivity contribution in [3.05, 3.63) is 186 Å². The van der Waals surface area contributed by atoms with Gasteiger partial charge in [-0.05, 0) is 104 Å². The van der Waals surface area contributed by atoms with Crippen molar-refractivity contribution in [3.8, 4) is 23.0 Å². The van der Waals surface area contributed by atoms with E-state index in [4.69, 9.17) is 9.72 Å². The molecular weight excluding hydrogens is 747 g/mol. The quantitative estimate of drug-likeness (QED) is 0.168. The van der Waals surface area contributed by atoms with Gasteiger partial charge in [0.25, 0.3) is 0 Å². The third kappa shape index (κ3) is 5.96. The van der Waals surface area contributed by atoms with Crippen molar-refractivity contribution in [1.29, 1.82) is 0 Å². The smallest absolute Gasteiger partial charge is 0.137 e. The van der Waals surface area contributed by atoms with Gasteiger partial charge >= 0.3 is 0 Å². The van der Waals surface area contributed by atoms with Crippen LogP contribution in [0, 0.1) is 20.8 Å². The van der Waals surface area contributed by atoms with Crippen molar-refractivity contribution >= 4 is 66.4 Å². The van der Waals surface area contributed by atoms with Crippen LogP contribution in [0.5, 0.6) is 11.5 Å². The van der Waals surface area contributed by atoms with E-state index in [2.05, 4.69) is 218 Å². The molecule has 0 N–H and O–H groups in total. The second kappa shape index (κ2) is 13.9. The Kier molecular flexibility index (Phi) is 8.36. The number of rotatable bonds is 6. The first kappa shape index (κ1) is 36.7. The molecule has 4 heterocycles. The highest BCUT2D eigenvalue weighted by molar-refractivity contribution is 6.17. The Morgan fingerprint density at radius 1 is 0.508 bits per heavy atom. The number of benzene rings is 7. The molecule has 6 nitrogen and oxygen atoms in total. The van der Waals surface area contributed by atoms with Crippen LogP contribution >= 0.6 is 0 Å². The lowest BCUT2D eigenvalue weighted by molar-refractivity contribution is 0.484. The normalized spacial score (nSPS) is 13.0. The molecule has 7 aromatic carbocycles. The second-order valence-electron chi connectivity index (χ2n) is 17.5. The van der Waals surface area contributed by atoms with E-state index in [0.717, 1.165) is 61.8 Å². The Hall–Kier alpha value is -7.31. The highest BCUT2D eigenvalue weighted by Gasteiger charge is 2.32. The van der Waals surface area contributed by atoms with E-state index in [9.17, 15) is 0 Å². The third-order valence-electron chi connectivity index (χ3n) is 12.4. The van der Waals surface area contributed by atoms with Gasteiger partial charge in [-0.2, -0.15) is 0 Å². The van der Waals surface area contributed by atoms with Crippen molar-refractivity contribution in [1.82, 2.24) is 14.1 Å². The summed E-state index contributed by atoms with van der Waals surface area (Å²) in [5.41, 5.74) is 15.2. The fraction of sp³-hybridized carbons (Fsp3) is 0.145. The number of para-hydroxylation sites is 5. The molecule has 11 rings (SSSR count). The number of ether oxygens (including phenoxy) is 1. The number of hydrogen-bond acceptors (Lipinski definition) is 4. The van der Waals surface area contributed by atoms with Gasteiger partial charge in [0, 0.05) is 57.3 Å². The zero-order valence-corrected chi connectivity index (χ0v) is 35.4. The summed E-state index contributed by atoms with van der Waals surface area (Å²) in [4.78, 5) is 9.88. The molecule has 0 amide bonds. The van der Waals surface area contributed by atoms with Crippen LogP contribution in [0.3, 0.4) is 0 Å². The number of fused-ring (bicyclic) bond motifs is 7. The van der Waals surface area contributed by atoms with Crippen molar-refractivity contribution in [2.45, 2.75) is 47.0 Å². The molecule has 0 fully saturated rings. The van der Waals surface area contributed by atoms with Gasteiger partial charge in [0.2, 0.25) is 0 Å². The molecule has 61 heavy (non-hydrogen) atoms. The highest BCUT2D eigenvalue weighted by Crippen LogP contribution is 2.50. The predicted octanol–water partition coefficient (Wildman–Crippen LogP) is 14.5. The number of anilines is 4. The van der Waals surface area contributed by atoms with Crippen molar-refractivity contribution in [3.63, 3.8) is 0 Å². The number of aryl methyl sites for hydroxylation is 3. The number of aromatic nitrogens is 3. The van der Waals surface area contributed by atoms with Crippen LogP contribution in [-0.4, -0.2) is 20.8 Å².